The van der Waals surface area contributed by atoms with E-state index < -0.39 is 21.9 Å². The summed E-state index contributed by atoms with van der Waals surface area (Å²) in [5.41, 5.74) is 0.615. The lowest BCUT2D eigenvalue weighted by Gasteiger charge is -2.11. The summed E-state index contributed by atoms with van der Waals surface area (Å²) in [5.74, 6) is -1.09. The molecule has 0 saturated carbocycles. The average Bonchev–Trinajstić information content (AvgIpc) is 2.62. The van der Waals surface area contributed by atoms with E-state index in [0.717, 1.165) is 6.08 Å². The summed E-state index contributed by atoms with van der Waals surface area (Å²) >= 11 is 5.91. The molecule has 2 aromatic carbocycles. The lowest BCUT2D eigenvalue weighted by molar-refractivity contribution is -0.111. The van der Waals surface area contributed by atoms with Crippen molar-refractivity contribution in [2.45, 2.75) is 4.90 Å². The monoisotopic (exact) mass is 394 g/mol. The average molecular weight is 395 g/mol. The summed E-state index contributed by atoms with van der Waals surface area (Å²) in [6.07, 6.45) is 1.10. The maximum Gasteiger partial charge on any atom is 0.339 e. The number of carbonyl (C=O) groups excluding carboxylic acids is 2. The number of halogens is 1. The minimum Gasteiger partial charge on any atom is -0.465 e. The Hall–Kier alpha value is -2.84. The highest BCUT2D eigenvalue weighted by molar-refractivity contribution is 7.92. The second kappa shape index (κ2) is 8.03. The summed E-state index contributed by atoms with van der Waals surface area (Å²) in [6.45, 7) is 3.33. The third-order valence-electron chi connectivity index (χ3n) is 3.24. The van der Waals surface area contributed by atoms with Gasteiger partial charge >= 0.3 is 5.97 Å². The molecule has 9 heteroatoms. The molecular weight excluding hydrogens is 380 g/mol. The quantitative estimate of drug-likeness (QED) is 0.579. The normalized spacial score (nSPS) is 10.7. The summed E-state index contributed by atoms with van der Waals surface area (Å²) < 4.78 is 31.9. The van der Waals surface area contributed by atoms with Crippen molar-refractivity contribution in [3.8, 4) is 0 Å². The van der Waals surface area contributed by atoms with E-state index in [1.165, 1.54) is 49.6 Å². The van der Waals surface area contributed by atoms with Gasteiger partial charge in [-0.2, -0.15) is 0 Å². The van der Waals surface area contributed by atoms with E-state index in [2.05, 4.69) is 21.4 Å². The highest BCUT2D eigenvalue weighted by Gasteiger charge is 2.17. The Balaban J connectivity index is 2.24. The van der Waals surface area contributed by atoms with Crippen LogP contribution in [0.3, 0.4) is 0 Å². The van der Waals surface area contributed by atoms with E-state index in [9.17, 15) is 18.0 Å². The molecule has 0 heterocycles. The van der Waals surface area contributed by atoms with Gasteiger partial charge in [-0.15, -0.1) is 0 Å². The van der Waals surface area contributed by atoms with Crippen LogP contribution in [0.2, 0.25) is 5.02 Å². The largest absolute Gasteiger partial charge is 0.465 e. The molecule has 0 aliphatic heterocycles. The van der Waals surface area contributed by atoms with Gasteiger partial charge in [0.15, 0.2) is 0 Å². The Morgan fingerprint density at radius 2 is 1.73 bits per heavy atom. The molecular formula is C17H15ClN2O5S. The zero-order valence-electron chi connectivity index (χ0n) is 13.7. The van der Waals surface area contributed by atoms with Gasteiger partial charge in [-0.3, -0.25) is 9.52 Å². The number of methoxy groups -OCH3 is 1. The van der Waals surface area contributed by atoms with Crippen LogP contribution in [-0.4, -0.2) is 27.4 Å². The van der Waals surface area contributed by atoms with E-state index in [-0.39, 0.29) is 21.2 Å². The van der Waals surface area contributed by atoms with Gasteiger partial charge in [0, 0.05) is 11.4 Å². The third kappa shape index (κ3) is 4.62. The van der Waals surface area contributed by atoms with Gasteiger partial charge < -0.3 is 10.1 Å². The van der Waals surface area contributed by atoms with Gasteiger partial charge in [0.05, 0.1) is 22.6 Å². The van der Waals surface area contributed by atoms with E-state index in [4.69, 9.17) is 11.6 Å². The molecule has 26 heavy (non-hydrogen) atoms. The first kappa shape index (κ1) is 19.5. The molecule has 0 aromatic heterocycles. The van der Waals surface area contributed by atoms with Crippen molar-refractivity contribution in [2.24, 2.45) is 0 Å². The first-order chi connectivity index (χ1) is 12.3. The van der Waals surface area contributed by atoms with Crippen molar-refractivity contribution in [3.63, 3.8) is 0 Å². The molecule has 0 atom stereocenters. The molecule has 2 aromatic rings. The van der Waals surface area contributed by atoms with E-state index >= 15 is 0 Å². The summed E-state index contributed by atoms with van der Waals surface area (Å²) in [5, 5.41) is 2.66. The molecule has 136 valence electrons. The maximum atomic E-state index is 12.5. The number of ether oxygens (including phenoxy) is 1. The minimum atomic E-state index is -3.90. The Labute approximate surface area is 155 Å². The van der Waals surface area contributed by atoms with Crippen LogP contribution in [0.15, 0.2) is 60.0 Å². The molecule has 2 N–H and O–H groups in total. The van der Waals surface area contributed by atoms with E-state index in [0.29, 0.717) is 5.69 Å². The second-order valence-corrected chi connectivity index (χ2v) is 7.10. The third-order valence-corrected chi connectivity index (χ3v) is 4.97. The molecule has 0 fully saturated rings. The Kier molecular flexibility index (Phi) is 6.01. The van der Waals surface area contributed by atoms with Crippen molar-refractivity contribution >= 4 is 44.9 Å². The van der Waals surface area contributed by atoms with Crippen LogP contribution in [0.25, 0.3) is 0 Å². The Morgan fingerprint density at radius 1 is 1.12 bits per heavy atom. The second-order valence-electron chi connectivity index (χ2n) is 5.01. The fraction of sp³-hybridized carbons (Fsp3) is 0.0588. The first-order valence-electron chi connectivity index (χ1n) is 7.21. The van der Waals surface area contributed by atoms with Crippen LogP contribution in [0.4, 0.5) is 11.4 Å². The number of carbonyl (C=O) groups is 2. The van der Waals surface area contributed by atoms with Gasteiger partial charge in [0.2, 0.25) is 5.91 Å². The molecule has 0 radical (unpaired) electrons. The molecule has 0 unspecified atom stereocenters. The Morgan fingerprint density at radius 3 is 2.31 bits per heavy atom. The van der Waals surface area contributed by atoms with Gasteiger partial charge in [-0.05, 0) is 48.5 Å². The number of hydrogen-bond acceptors (Lipinski definition) is 5. The SMILES string of the molecule is C=CC(=O)Nc1ccc(S(=O)(=O)Nc2ccc(Cl)c(C(=O)OC)c2)cc1. The molecule has 0 aliphatic carbocycles. The number of anilines is 2. The number of nitrogens with one attached hydrogen (secondary N) is 2. The number of esters is 1. The highest BCUT2D eigenvalue weighted by Crippen LogP contribution is 2.24. The van der Waals surface area contributed by atoms with Crippen molar-refractivity contribution in [3.05, 3.63) is 65.7 Å². The standard InChI is InChI=1S/C17H15ClN2O5S/c1-3-16(21)19-11-4-7-13(8-5-11)26(23,24)20-12-6-9-15(18)14(10-12)17(22)25-2/h3-10,20H,1H2,2H3,(H,19,21). The minimum absolute atomic E-state index is 0.0244. The van der Waals surface area contributed by atoms with Crippen LogP contribution in [0.1, 0.15) is 10.4 Å². The molecule has 2 rings (SSSR count). The number of sulfonamides is 1. The molecule has 0 spiro atoms. The Bertz CT molecular complexity index is 956. The number of hydrogen-bond donors (Lipinski definition) is 2. The molecule has 1 amide bonds. The molecule has 7 nitrogen and oxygen atoms in total. The lowest BCUT2D eigenvalue weighted by atomic mass is 10.2. The van der Waals surface area contributed by atoms with Crippen LogP contribution >= 0.6 is 11.6 Å². The number of rotatable bonds is 6. The van der Waals surface area contributed by atoms with Crippen LogP contribution in [0.5, 0.6) is 0 Å². The van der Waals surface area contributed by atoms with Crippen LogP contribution in [-0.2, 0) is 19.6 Å². The van der Waals surface area contributed by atoms with E-state index in [1.807, 2.05) is 0 Å². The lowest BCUT2D eigenvalue weighted by Crippen LogP contribution is -2.14. The maximum absolute atomic E-state index is 12.5. The molecule has 0 bridgehead atoms. The summed E-state index contributed by atoms with van der Waals surface area (Å²) in [6, 6.07) is 9.64. The van der Waals surface area contributed by atoms with E-state index in [1.54, 1.807) is 0 Å². The fourth-order valence-electron chi connectivity index (χ4n) is 1.98. The summed E-state index contributed by atoms with van der Waals surface area (Å²) in [7, 11) is -2.71. The van der Waals surface area contributed by atoms with Gasteiger partial charge in [0.25, 0.3) is 10.0 Å². The van der Waals surface area contributed by atoms with Crippen molar-refractivity contribution in [1.29, 1.82) is 0 Å². The van der Waals surface area contributed by atoms with Gasteiger partial charge in [-0.1, -0.05) is 18.2 Å². The number of amides is 1. The molecule has 0 aliphatic rings. The topological polar surface area (TPSA) is 102 Å². The van der Waals surface area contributed by atoms with Gasteiger partial charge in [0.1, 0.15) is 0 Å². The predicted octanol–water partition coefficient (Wildman–Crippen LogP) is 3.05. The van der Waals surface area contributed by atoms with Crippen molar-refractivity contribution < 1.29 is 22.7 Å². The molecule has 0 saturated heterocycles. The zero-order chi connectivity index (χ0) is 19.3. The highest BCUT2D eigenvalue weighted by atomic mass is 35.5. The van der Waals surface area contributed by atoms with Gasteiger partial charge in [-0.25, -0.2) is 13.2 Å². The fourth-order valence-corrected chi connectivity index (χ4v) is 3.22. The van der Waals surface area contributed by atoms with Crippen LogP contribution < -0.4 is 10.0 Å². The number of benzene rings is 2. The van der Waals surface area contributed by atoms with Crippen LogP contribution in [0, 0.1) is 0 Å². The predicted molar refractivity (Wildman–Crippen MR) is 98.9 cm³/mol. The zero-order valence-corrected chi connectivity index (χ0v) is 15.2. The summed E-state index contributed by atoms with van der Waals surface area (Å²) in [4.78, 5) is 22.9. The van der Waals surface area contributed by atoms with Crippen molar-refractivity contribution in [2.75, 3.05) is 17.1 Å². The smallest absolute Gasteiger partial charge is 0.339 e. The van der Waals surface area contributed by atoms with Crippen molar-refractivity contribution in [1.82, 2.24) is 0 Å². The first-order valence-corrected chi connectivity index (χ1v) is 9.07.